The number of halogens is 1. The maximum Gasteiger partial charge on any atom is 0.0778 e. The van der Waals surface area contributed by atoms with Gasteiger partial charge in [0.15, 0.2) is 0 Å². The van der Waals surface area contributed by atoms with E-state index in [0.29, 0.717) is 0 Å². The highest BCUT2D eigenvalue weighted by atomic mass is 79.9. The SMILES string of the molecule is CCCCCCCCOC1(CBr)CCCCC1. The van der Waals surface area contributed by atoms with Crippen molar-refractivity contribution in [3.63, 3.8) is 0 Å². The lowest BCUT2D eigenvalue weighted by molar-refractivity contribution is -0.0527. The monoisotopic (exact) mass is 304 g/mol. The normalized spacial score (nSPS) is 19.4. The van der Waals surface area contributed by atoms with E-state index in [4.69, 9.17) is 4.74 Å². The molecule has 2 heteroatoms. The van der Waals surface area contributed by atoms with Crippen LogP contribution in [0.3, 0.4) is 0 Å². The Morgan fingerprint density at radius 3 is 2.24 bits per heavy atom. The summed E-state index contributed by atoms with van der Waals surface area (Å²) < 4.78 is 6.18. The molecule has 1 aliphatic carbocycles. The van der Waals surface area contributed by atoms with Crippen molar-refractivity contribution in [1.29, 1.82) is 0 Å². The second-order valence-corrected chi connectivity index (χ2v) is 6.05. The molecule has 1 fully saturated rings. The van der Waals surface area contributed by atoms with Crippen molar-refractivity contribution in [3.05, 3.63) is 0 Å². The summed E-state index contributed by atoms with van der Waals surface area (Å²) in [5, 5.41) is 1.02. The van der Waals surface area contributed by atoms with Crippen molar-refractivity contribution in [2.75, 3.05) is 11.9 Å². The molecule has 0 aliphatic heterocycles. The Balaban J connectivity index is 2.03. The molecule has 0 bridgehead atoms. The molecule has 1 aliphatic rings. The van der Waals surface area contributed by atoms with E-state index in [9.17, 15) is 0 Å². The van der Waals surface area contributed by atoms with Crippen LogP contribution in [0, 0.1) is 0 Å². The second-order valence-electron chi connectivity index (χ2n) is 5.49. The van der Waals surface area contributed by atoms with Crippen LogP contribution >= 0.6 is 15.9 Å². The molecule has 0 aromatic heterocycles. The fraction of sp³-hybridized carbons (Fsp3) is 1.00. The predicted octanol–water partition coefficient (Wildman–Crippen LogP) is 5.46. The van der Waals surface area contributed by atoms with Gasteiger partial charge in [0.1, 0.15) is 0 Å². The van der Waals surface area contributed by atoms with Gasteiger partial charge in [0.2, 0.25) is 0 Å². The summed E-state index contributed by atoms with van der Waals surface area (Å²) in [4.78, 5) is 0. The lowest BCUT2D eigenvalue weighted by Crippen LogP contribution is -2.37. The minimum absolute atomic E-state index is 0.182. The molecular weight excluding hydrogens is 276 g/mol. The van der Waals surface area contributed by atoms with Crippen molar-refractivity contribution in [2.45, 2.75) is 83.2 Å². The van der Waals surface area contributed by atoms with E-state index in [1.165, 1.54) is 70.6 Å². The molecule has 0 saturated heterocycles. The first-order valence-electron chi connectivity index (χ1n) is 7.53. The minimum atomic E-state index is 0.182. The van der Waals surface area contributed by atoms with Crippen LogP contribution in [-0.2, 0) is 4.74 Å². The molecule has 1 rings (SSSR count). The molecule has 0 radical (unpaired) electrons. The number of hydrogen-bond acceptors (Lipinski definition) is 1. The zero-order valence-electron chi connectivity index (χ0n) is 11.5. The Kier molecular flexibility index (Phi) is 8.55. The molecule has 0 heterocycles. The molecule has 1 nitrogen and oxygen atoms in total. The van der Waals surface area contributed by atoms with Crippen molar-refractivity contribution in [3.8, 4) is 0 Å². The molecule has 0 atom stereocenters. The van der Waals surface area contributed by atoms with Gasteiger partial charge < -0.3 is 4.74 Å². The Morgan fingerprint density at radius 1 is 0.941 bits per heavy atom. The van der Waals surface area contributed by atoms with Gasteiger partial charge >= 0.3 is 0 Å². The molecule has 0 aromatic rings. The molecule has 0 amide bonds. The number of alkyl halides is 1. The maximum absolute atomic E-state index is 6.18. The van der Waals surface area contributed by atoms with Gasteiger partial charge in [0.05, 0.1) is 5.60 Å². The van der Waals surface area contributed by atoms with Gasteiger partial charge in [0, 0.05) is 11.9 Å². The summed E-state index contributed by atoms with van der Waals surface area (Å²) in [5.74, 6) is 0. The Hall–Kier alpha value is 0.440. The van der Waals surface area contributed by atoms with Crippen LogP contribution in [0.25, 0.3) is 0 Å². The van der Waals surface area contributed by atoms with Crippen LogP contribution < -0.4 is 0 Å². The summed E-state index contributed by atoms with van der Waals surface area (Å²) in [6.07, 6.45) is 14.7. The fourth-order valence-corrected chi connectivity index (χ4v) is 3.41. The van der Waals surface area contributed by atoms with Crippen LogP contribution in [0.4, 0.5) is 0 Å². The third-order valence-electron chi connectivity index (χ3n) is 3.91. The smallest absolute Gasteiger partial charge is 0.0778 e. The fourth-order valence-electron chi connectivity index (χ4n) is 2.68. The van der Waals surface area contributed by atoms with Crippen LogP contribution in [-0.4, -0.2) is 17.5 Å². The lowest BCUT2D eigenvalue weighted by atomic mass is 9.86. The zero-order valence-corrected chi connectivity index (χ0v) is 13.1. The van der Waals surface area contributed by atoms with Gasteiger partial charge in [0.25, 0.3) is 0 Å². The van der Waals surface area contributed by atoms with Gasteiger partial charge in [-0.25, -0.2) is 0 Å². The maximum atomic E-state index is 6.18. The predicted molar refractivity (Wildman–Crippen MR) is 78.9 cm³/mol. The highest BCUT2D eigenvalue weighted by Crippen LogP contribution is 2.33. The number of rotatable bonds is 9. The minimum Gasteiger partial charge on any atom is -0.374 e. The van der Waals surface area contributed by atoms with Crippen LogP contribution in [0.5, 0.6) is 0 Å². The van der Waals surface area contributed by atoms with Crippen molar-refractivity contribution in [1.82, 2.24) is 0 Å². The first-order chi connectivity index (χ1) is 8.33. The third-order valence-corrected chi connectivity index (χ3v) is 4.94. The summed E-state index contributed by atoms with van der Waals surface area (Å²) >= 11 is 3.65. The van der Waals surface area contributed by atoms with Gasteiger partial charge in [-0.05, 0) is 19.3 Å². The van der Waals surface area contributed by atoms with E-state index in [1.807, 2.05) is 0 Å². The van der Waals surface area contributed by atoms with E-state index in [0.717, 1.165) is 11.9 Å². The molecule has 17 heavy (non-hydrogen) atoms. The van der Waals surface area contributed by atoms with Crippen molar-refractivity contribution >= 4 is 15.9 Å². The van der Waals surface area contributed by atoms with Crippen molar-refractivity contribution in [2.24, 2.45) is 0 Å². The summed E-state index contributed by atoms with van der Waals surface area (Å²) in [6, 6.07) is 0. The molecule has 102 valence electrons. The lowest BCUT2D eigenvalue weighted by Gasteiger charge is -2.35. The Morgan fingerprint density at radius 2 is 1.59 bits per heavy atom. The first kappa shape index (κ1) is 15.5. The van der Waals surface area contributed by atoms with Gasteiger partial charge in [-0.3, -0.25) is 0 Å². The standard InChI is InChI=1S/C15H29BrO/c1-2-3-4-5-6-10-13-17-15(14-16)11-8-7-9-12-15/h2-14H2,1H3. The average Bonchev–Trinajstić information content (AvgIpc) is 2.39. The van der Waals surface area contributed by atoms with E-state index < -0.39 is 0 Å². The molecule has 0 spiro atoms. The van der Waals surface area contributed by atoms with Gasteiger partial charge in [-0.1, -0.05) is 74.2 Å². The Bertz CT molecular complexity index is 176. The van der Waals surface area contributed by atoms with Gasteiger partial charge in [-0.2, -0.15) is 0 Å². The highest BCUT2D eigenvalue weighted by molar-refractivity contribution is 9.09. The Labute approximate surface area is 116 Å². The molecule has 0 aromatic carbocycles. The number of unbranched alkanes of at least 4 members (excludes halogenated alkanes) is 5. The quantitative estimate of drug-likeness (QED) is 0.406. The molecule has 0 unspecified atom stereocenters. The largest absolute Gasteiger partial charge is 0.374 e. The molecule has 1 saturated carbocycles. The second kappa shape index (κ2) is 9.38. The van der Waals surface area contributed by atoms with Crippen molar-refractivity contribution < 1.29 is 4.74 Å². The van der Waals surface area contributed by atoms with Crippen LogP contribution in [0.2, 0.25) is 0 Å². The first-order valence-corrected chi connectivity index (χ1v) is 8.65. The highest BCUT2D eigenvalue weighted by Gasteiger charge is 2.31. The van der Waals surface area contributed by atoms with E-state index >= 15 is 0 Å². The van der Waals surface area contributed by atoms with E-state index in [-0.39, 0.29) is 5.60 Å². The zero-order chi connectivity index (χ0) is 12.4. The van der Waals surface area contributed by atoms with E-state index in [2.05, 4.69) is 22.9 Å². The summed E-state index contributed by atoms with van der Waals surface area (Å²) in [6.45, 7) is 3.24. The summed E-state index contributed by atoms with van der Waals surface area (Å²) in [7, 11) is 0. The molecule has 0 N–H and O–H groups in total. The van der Waals surface area contributed by atoms with Crippen LogP contribution in [0.15, 0.2) is 0 Å². The third kappa shape index (κ3) is 6.24. The molecular formula is C15H29BrO. The summed E-state index contributed by atoms with van der Waals surface area (Å²) in [5.41, 5.74) is 0.182. The number of ether oxygens (including phenoxy) is 1. The number of hydrogen-bond donors (Lipinski definition) is 0. The van der Waals surface area contributed by atoms with Gasteiger partial charge in [-0.15, -0.1) is 0 Å². The van der Waals surface area contributed by atoms with E-state index in [1.54, 1.807) is 0 Å². The topological polar surface area (TPSA) is 9.23 Å². The average molecular weight is 305 g/mol. The van der Waals surface area contributed by atoms with Crippen LogP contribution in [0.1, 0.15) is 77.6 Å².